The van der Waals surface area contributed by atoms with Crippen molar-refractivity contribution in [3.8, 4) is 5.75 Å². The van der Waals surface area contributed by atoms with Gasteiger partial charge in [0, 0.05) is 17.6 Å². The molecule has 0 bridgehead atoms. The number of nitrogens with one attached hydrogen (secondary N) is 1. The first kappa shape index (κ1) is 31.9. The molecule has 0 radical (unpaired) electrons. The predicted molar refractivity (Wildman–Crippen MR) is 144 cm³/mol. The van der Waals surface area contributed by atoms with Gasteiger partial charge in [-0.2, -0.15) is 16.5 Å². The van der Waals surface area contributed by atoms with E-state index in [-0.39, 0.29) is 22.8 Å². The van der Waals surface area contributed by atoms with Gasteiger partial charge in [0.15, 0.2) is 0 Å². The number of hydrogen-bond donors (Lipinski definition) is 1. The van der Waals surface area contributed by atoms with Crippen molar-refractivity contribution < 1.29 is 32.2 Å². The fourth-order valence-electron chi connectivity index (χ4n) is 3.17. The van der Waals surface area contributed by atoms with Crippen LogP contribution in [0.2, 0.25) is 24.2 Å². The molecule has 0 spiro atoms. The second kappa shape index (κ2) is 12.9. The summed E-state index contributed by atoms with van der Waals surface area (Å²) in [5.74, 6) is 0.451. The van der Waals surface area contributed by atoms with E-state index in [0.717, 1.165) is 6.04 Å². The highest BCUT2D eigenvalue weighted by Crippen LogP contribution is 2.41. The lowest BCUT2D eigenvalue weighted by atomic mass is 10.0. The lowest BCUT2D eigenvalue weighted by Gasteiger charge is -2.40. The van der Waals surface area contributed by atoms with Crippen molar-refractivity contribution in [2.75, 3.05) is 33.9 Å². The normalized spacial score (nSPS) is 14.9. The van der Waals surface area contributed by atoms with Crippen molar-refractivity contribution in [2.24, 2.45) is 0 Å². The number of thioether (sulfide) groups is 1. The minimum Gasteiger partial charge on any atom is -0.497 e. The van der Waals surface area contributed by atoms with E-state index in [0.29, 0.717) is 11.5 Å². The van der Waals surface area contributed by atoms with Gasteiger partial charge in [0.2, 0.25) is 10.0 Å². The van der Waals surface area contributed by atoms with Crippen LogP contribution in [0.15, 0.2) is 29.2 Å². The third kappa shape index (κ3) is 9.36. The van der Waals surface area contributed by atoms with Gasteiger partial charge in [-0.1, -0.05) is 33.9 Å². The number of ether oxygens (including phenoxy) is 4. The molecular formula is C24H43NO7S2Si. The van der Waals surface area contributed by atoms with Gasteiger partial charge in [-0.3, -0.25) is 4.79 Å². The van der Waals surface area contributed by atoms with E-state index in [1.54, 1.807) is 19.2 Å². The van der Waals surface area contributed by atoms with Crippen LogP contribution in [0.3, 0.4) is 0 Å². The van der Waals surface area contributed by atoms with Crippen LogP contribution in [0.25, 0.3) is 0 Å². The maximum atomic E-state index is 13.1. The van der Waals surface area contributed by atoms with Crippen LogP contribution in [0, 0.1) is 0 Å². The summed E-state index contributed by atoms with van der Waals surface area (Å²) in [6.07, 6.45) is -0.100. The Morgan fingerprint density at radius 1 is 1.06 bits per heavy atom. The lowest BCUT2D eigenvalue weighted by molar-refractivity contribution is -0.143. The molecule has 0 aliphatic carbocycles. The highest BCUT2D eigenvalue weighted by molar-refractivity contribution is 8.00. The highest BCUT2D eigenvalue weighted by atomic mass is 32.2. The molecule has 0 heterocycles. The summed E-state index contributed by atoms with van der Waals surface area (Å²) in [5, 5.41) is 0.185. The first-order valence-corrected chi connectivity index (χ1v) is 17.2. The number of carbonyl (C=O) groups is 1. The predicted octanol–water partition coefficient (Wildman–Crippen LogP) is 4.52. The molecule has 2 atom stereocenters. The fourth-order valence-corrected chi connectivity index (χ4v) is 7.95. The van der Waals surface area contributed by atoms with E-state index in [9.17, 15) is 13.2 Å². The van der Waals surface area contributed by atoms with Crippen molar-refractivity contribution in [1.82, 2.24) is 4.72 Å². The van der Waals surface area contributed by atoms with Crippen molar-refractivity contribution in [1.29, 1.82) is 0 Å². The van der Waals surface area contributed by atoms with Crippen LogP contribution < -0.4 is 9.46 Å². The second-order valence-electron chi connectivity index (χ2n) is 10.7. The minimum atomic E-state index is -3.99. The van der Waals surface area contributed by atoms with Crippen LogP contribution >= 0.6 is 11.8 Å². The van der Waals surface area contributed by atoms with E-state index >= 15 is 0 Å². The Kier molecular flexibility index (Phi) is 11.8. The zero-order valence-corrected chi connectivity index (χ0v) is 25.4. The van der Waals surface area contributed by atoms with Gasteiger partial charge in [-0.15, -0.1) is 0 Å². The lowest BCUT2D eigenvalue weighted by Crippen LogP contribution is -2.53. The van der Waals surface area contributed by atoms with Crippen LogP contribution in [-0.4, -0.2) is 73.2 Å². The van der Waals surface area contributed by atoms with Gasteiger partial charge in [0.25, 0.3) is 0 Å². The molecule has 35 heavy (non-hydrogen) atoms. The topological polar surface area (TPSA) is 100 Å². The van der Waals surface area contributed by atoms with E-state index in [1.165, 1.54) is 38.1 Å². The maximum absolute atomic E-state index is 13.1. The number of benzene rings is 1. The summed E-state index contributed by atoms with van der Waals surface area (Å²) in [5.41, 5.74) is 0. The molecule has 8 nitrogen and oxygen atoms in total. The third-order valence-corrected chi connectivity index (χ3v) is 15.1. The number of sulfonamides is 1. The molecule has 0 saturated heterocycles. The zero-order chi connectivity index (χ0) is 27.1. The van der Waals surface area contributed by atoms with E-state index in [4.69, 9.17) is 18.9 Å². The summed E-state index contributed by atoms with van der Waals surface area (Å²) in [4.78, 5) is 12.8. The second-order valence-corrected chi connectivity index (χ2v) is 19.8. The van der Waals surface area contributed by atoms with Crippen LogP contribution in [0.1, 0.15) is 34.6 Å². The standard InChI is InChI=1S/C24H43NO7S2Si/c1-23(2,3)35(9,10)16-19(32-17-29-6)15-33-24(4,5)21(22(26)31-8)25-34(27,28)20-13-11-18(30-7)12-14-20/h11-14,19,21,25H,15-17H2,1-10H3/t19-,21+/m1/s1. The Morgan fingerprint density at radius 2 is 1.63 bits per heavy atom. The molecule has 202 valence electrons. The molecule has 0 aromatic heterocycles. The average Bonchev–Trinajstić information content (AvgIpc) is 2.77. The third-order valence-electron chi connectivity index (χ3n) is 6.61. The Bertz CT molecular complexity index is 913. The maximum Gasteiger partial charge on any atom is 0.325 e. The summed E-state index contributed by atoms with van der Waals surface area (Å²) in [6, 6.07) is 5.78. The first-order chi connectivity index (χ1) is 16.0. The summed E-state index contributed by atoms with van der Waals surface area (Å²) in [6.45, 7) is 15.3. The number of hydrogen-bond acceptors (Lipinski definition) is 8. The minimum absolute atomic E-state index is 0.0345. The summed E-state index contributed by atoms with van der Waals surface area (Å²) < 4.78 is 49.1. The van der Waals surface area contributed by atoms with Gasteiger partial charge in [0.05, 0.1) is 33.3 Å². The van der Waals surface area contributed by atoms with Crippen molar-refractivity contribution in [3.05, 3.63) is 24.3 Å². The van der Waals surface area contributed by atoms with Gasteiger partial charge in [-0.05, 0) is 49.2 Å². The molecule has 1 N–H and O–H groups in total. The molecule has 0 amide bonds. The quantitative estimate of drug-likeness (QED) is 0.205. The Balaban J connectivity index is 3.12. The van der Waals surface area contributed by atoms with Gasteiger partial charge in [0.1, 0.15) is 18.6 Å². The number of esters is 1. The smallest absolute Gasteiger partial charge is 0.325 e. The molecule has 11 heteroatoms. The fraction of sp³-hybridized carbons (Fsp3) is 0.708. The molecule has 0 fully saturated rings. The molecule has 1 aromatic rings. The Morgan fingerprint density at radius 3 is 2.09 bits per heavy atom. The van der Waals surface area contributed by atoms with Crippen LogP contribution in [0.4, 0.5) is 0 Å². The Hall–Kier alpha value is -1.11. The van der Waals surface area contributed by atoms with Gasteiger partial charge < -0.3 is 18.9 Å². The highest BCUT2D eigenvalue weighted by Gasteiger charge is 2.42. The van der Waals surface area contributed by atoms with E-state index in [2.05, 4.69) is 38.6 Å². The average molecular weight is 550 g/mol. The summed E-state index contributed by atoms with van der Waals surface area (Å²) in [7, 11) is -1.32. The zero-order valence-electron chi connectivity index (χ0n) is 22.8. The molecule has 0 aliphatic heterocycles. The number of methoxy groups -OCH3 is 3. The van der Waals surface area contributed by atoms with Gasteiger partial charge >= 0.3 is 5.97 Å². The largest absolute Gasteiger partial charge is 0.497 e. The van der Waals surface area contributed by atoms with E-state index < -0.39 is 34.9 Å². The summed E-state index contributed by atoms with van der Waals surface area (Å²) >= 11 is 1.48. The first-order valence-electron chi connectivity index (χ1n) is 11.5. The number of rotatable bonds is 14. The molecule has 1 aromatic carbocycles. The van der Waals surface area contributed by atoms with Gasteiger partial charge in [-0.25, -0.2) is 8.42 Å². The molecule has 0 saturated carbocycles. The van der Waals surface area contributed by atoms with Crippen LogP contribution in [-0.2, 0) is 29.0 Å². The van der Waals surface area contributed by atoms with Crippen molar-refractivity contribution in [3.63, 3.8) is 0 Å². The molecular weight excluding hydrogens is 506 g/mol. The molecule has 0 unspecified atom stereocenters. The molecule has 1 rings (SSSR count). The molecule has 0 aliphatic rings. The SMILES string of the molecule is COCO[C@H](CSC(C)(C)[C@@H](NS(=O)(=O)c1ccc(OC)cc1)C(=O)OC)C[Si](C)(C)C(C)(C)C. The van der Waals surface area contributed by atoms with Crippen molar-refractivity contribution >= 4 is 35.8 Å². The van der Waals surface area contributed by atoms with Crippen molar-refractivity contribution in [2.45, 2.75) is 80.6 Å². The monoisotopic (exact) mass is 549 g/mol. The van der Waals surface area contributed by atoms with E-state index in [1.807, 2.05) is 13.8 Å². The Labute approximate surface area is 216 Å². The number of carbonyl (C=O) groups excluding carboxylic acids is 1. The van der Waals surface area contributed by atoms with Crippen LogP contribution in [0.5, 0.6) is 5.75 Å².